The summed E-state index contributed by atoms with van der Waals surface area (Å²) < 4.78 is 66.1. The molecule has 0 unspecified atom stereocenters. The first-order valence-electron chi connectivity index (χ1n) is 23.0. The first-order valence-corrected chi connectivity index (χ1v) is 20.3. The monoisotopic (exact) mass is 790 g/mol. The largest absolute Gasteiger partial charge is 0.309 e. The second-order valence-electron chi connectivity index (χ2n) is 14.5. The molecule has 0 N–H and O–H groups in total. The molecular formula is C54H33N5S. The van der Waals surface area contributed by atoms with Gasteiger partial charge in [0.15, 0.2) is 17.5 Å². The summed E-state index contributed by atoms with van der Waals surface area (Å²) in [7, 11) is 0. The van der Waals surface area contributed by atoms with Crippen LogP contribution >= 0.6 is 11.3 Å². The van der Waals surface area contributed by atoms with Gasteiger partial charge in [0.25, 0.3) is 0 Å². The highest BCUT2D eigenvalue weighted by Gasteiger charge is 2.20. The number of hydrogen-bond acceptors (Lipinski definition) is 5. The molecule has 0 aliphatic heterocycles. The minimum Gasteiger partial charge on any atom is -0.309 e. The lowest BCUT2D eigenvalue weighted by Crippen LogP contribution is -2.04. The van der Waals surface area contributed by atoms with Crippen LogP contribution in [-0.4, -0.2) is 24.5 Å². The number of pyridine rings is 1. The van der Waals surface area contributed by atoms with Gasteiger partial charge in [0.2, 0.25) is 0 Å². The molecule has 0 aliphatic rings. The number of nitrogens with zero attached hydrogens (tertiary/aromatic N) is 5. The maximum Gasteiger partial charge on any atom is 0.166 e. The minimum absolute atomic E-state index is 0.0609. The molecule has 0 fully saturated rings. The molecule has 0 amide bonds. The van der Waals surface area contributed by atoms with E-state index in [4.69, 9.17) is 23.2 Å². The third kappa shape index (κ3) is 5.61. The number of hydrogen-bond donors (Lipinski definition) is 0. The lowest BCUT2D eigenvalue weighted by molar-refractivity contribution is 1.07. The van der Waals surface area contributed by atoms with Gasteiger partial charge in [0.05, 0.1) is 31.8 Å². The van der Waals surface area contributed by atoms with Crippen molar-refractivity contribution in [1.82, 2.24) is 24.5 Å². The van der Waals surface area contributed by atoms with Crippen molar-refractivity contribution in [2.24, 2.45) is 0 Å². The van der Waals surface area contributed by atoms with Crippen molar-refractivity contribution in [3.63, 3.8) is 0 Å². The Morgan fingerprint density at radius 2 is 1.13 bits per heavy atom. The molecule has 280 valence electrons. The van der Waals surface area contributed by atoms with E-state index in [1.807, 2.05) is 60.7 Å². The van der Waals surface area contributed by atoms with Crippen LogP contribution in [0.2, 0.25) is 0 Å². The van der Waals surface area contributed by atoms with E-state index >= 15 is 0 Å². The fourth-order valence-electron chi connectivity index (χ4n) is 8.27. The van der Waals surface area contributed by atoms with Crippen LogP contribution in [0.25, 0.3) is 115 Å². The van der Waals surface area contributed by atoms with Crippen molar-refractivity contribution < 1.29 is 9.60 Å². The van der Waals surface area contributed by atoms with Crippen LogP contribution < -0.4 is 0 Å². The normalized spacial score (nSPS) is 13.3. The van der Waals surface area contributed by atoms with Gasteiger partial charge in [-0.15, -0.1) is 11.3 Å². The number of para-hydroxylation sites is 3. The van der Waals surface area contributed by atoms with Gasteiger partial charge in [-0.25, -0.2) is 15.0 Å². The average Bonchev–Trinajstić information content (AvgIpc) is 3.94. The molecule has 12 aromatic rings. The Balaban J connectivity index is 1.09. The van der Waals surface area contributed by atoms with E-state index in [-0.39, 0.29) is 57.8 Å². The molecule has 0 aliphatic carbocycles. The average molecular weight is 791 g/mol. The van der Waals surface area contributed by atoms with E-state index in [1.165, 1.54) is 31.8 Å². The molecule has 6 heteroatoms. The molecule has 60 heavy (non-hydrogen) atoms. The van der Waals surface area contributed by atoms with Gasteiger partial charge in [0.1, 0.15) is 0 Å². The van der Waals surface area contributed by atoms with Crippen LogP contribution in [0, 0.1) is 0 Å². The van der Waals surface area contributed by atoms with Crippen molar-refractivity contribution >= 4 is 64.2 Å². The van der Waals surface area contributed by atoms with E-state index in [0.29, 0.717) is 22.9 Å². The van der Waals surface area contributed by atoms with E-state index in [0.717, 1.165) is 38.7 Å². The maximum absolute atomic E-state index is 9.18. The first-order chi connectivity index (χ1) is 32.6. The molecule has 0 atom stereocenters. The van der Waals surface area contributed by atoms with Crippen molar-refractivity contribution in [2.75, 3.05) is 0 Å². The zero-order valence-electron chi connectivity index (χ0n) is 38.7. The molecule has 5 nitrogen and oxygen atoms in total. The van der Waals surface area contributed by atoms with Crippen LogP contribution in [-0.2, 0) is 0 Å². The number of benzene rings is 8. The molecule has 4 heterocycles. The van der Waals surface area contributed by atoms with Crippen molar-refractivity contribution in [2.45, 2.75) is 0 Å². The molecule has 0 saturated heterocycles. The quantitative estimate of drug-likeness (QED) is 0.168. The van der Waals surface area contributed by atoms with Crippen LogP contribution in [0.1, 0.15) is 9.60 Å². The van der Waals surface area contributed by atoms with Gasteiger partial charge in [-0.2, -0.15) is 0 Å². The van der Waals surface area contributed by atoms with Crippen molar-refractivity contribution in [3.8, 4) is 62.1 Å². The minimum atomic E-state index is -0.467. The molecule has 0 radical (unpaired) electrons. The lowest BCUT2D eigenvalue weighted by Gasteiger charge is -2.15. The fourth-order valence-corrected chi connectivity index (χ4v) is 9.49. The highest BCUT2D eigenvalue weighted by molar-refractivity contribution is 7.26. The number of fused-ring (bicyclic) bond motifs is 7. The molecule has 4 aromatic heterocycles. The predicted molar refractivity (Wildman–Crippen MR) is 250 cm³/mol. The van der Waals surface area contributed by atoms with Gasteiger partial charge in [-0.05, 0) is 76.8 Å². The summed E-state index contributed by atoms with van der Waals surface area (Å²) in [6, 6.07) is 47.6. The number of thiophene rings is 1. The Morgan fingerprint density at radius 3 is 2.07 bits per heavy atom. The third-order valence-electron chi connectivity index (χ3n) is 11.0. The number of aromatic nitrogens is 5. The van der Waals surface area contributed by atoms with Crippen LogP contribution in [0.5, 0.6) is 0 Å². The summed E-state index contributed by atoms with van der Waals surface area (Å²) in [5.41, 5.74) is 7.78. The summed E-state index contributed by atoms with van der Waals surface area (Å²) in [6.07, 6.45) is 1.74. The van der Waals surface area contributed by atoms with Gasteiger partial charge in [-0.3, -0.25) is 4.98 Å². The second-order valence-corrected chi connectivity index (χ2v) is 15.5. The van der Waals surface area contributed by atoms with E-state index < -0.39 is 12.1 Å². The van der Waals surface area contributed by atoms with Crippen molar-refractivity contribution in [3.05, 3.63) is 200 Å². The zero-order chi connectivity index (χ0) is 45.7. The zero-order valence-corrected chi connectivity index (χ0v) is 32.5. The Hall–Kier alpha value is -7.80. The van der Waals surface area contributed by atoms with Crippen LogP contribution in [0.3, 0.4) is 0 Å². The SMILES string of the molecule is [2H]c1cc([2H])c2c(c1[2H])c1c([2H])c([2H])c([2H])c([2H])c1n2-c1ccccc1-c1nc(-c2cccc(-c3cccc4c3sc3ccc(-c5ccccc5)cc34)c2)nc(-c2cccc3ncccc23)n1. The summed E-state index contributed by atoms with van der Waals surface area (Å²) in [6.45, 7) is 0. The number of rotatable bonds is 6. The van der Waals surface area contributed by atoms with E-state index in [1.54, 1.807) is 34.2 Å². The van der Waals surface area contributed by atoms with Gasteiger partial charge in [-0.1, -0.05) is 139 Å². The standard InChI is InChI=1S/C54H33N5S/c1-2-14-34(15-3-1)35-29-30-50-45(33-35)42-22-11-21-38(51(42)60-50)36-16-10-17-37(32-36)52-56-53(43-23-12-25-46-39(43)24-13-31-55-46)58-54(57-52)44-20-6-9-28-49(44)59-47-26-7-4-18-40(47)41-19-5-8-27-48(41)59/h1-33H/i4D,5D,7D,18D,19D,26D,27D. The van der Waals surface area contributed by atoms with E-state index in [9.17, 15) is 1.37 Å². The third-order valence-corrected chi connectivity index (χ3v) is 12.2. The summed E-state index contributed by atoms with van der Waals surface area (Å²) in [4.78, 5) is 20.1. The smallest absolute Gasteiger partial charge is 0.166 e. The summed E-state index contributed by atoms with van der Waals surface area (Å²) in [5.74, 6) is 1.05. The van der Waals surface area contributed by atoms with Crippen molar-refractivity contribution in [1.29, 1.82) is 0 Å². The first kappa shape index (κ1) is 27.8. The highest BCUT2D eigenvalue weighted by Crippen LogP contribution is 2.42. The second kappa shape index (κ2) is 13.9. The Labute approximate surface area is 359 Å². The van der Waals surface area contributed by atoms with E-state index in [2.05, 4.69) is 77.8 Å². The molecular weight excluding hydrogens is 751 g/mol. The van der Waals surface area contributed by atoms with Crippen LogP contribution in [0.15, 0.2) is 200 Å². The molecule has 0 spiro atoms. The Bertz CT molecular complexity index is 4030. The fraction of sp³-hybridized carbons (Fsp3) is 0. The Morgan fingerprint density at radius 1 is 0.433 bits per heavy atom. The summed E-state index contributed by atoms with van der Waals surface area (Å²) in [5, 5.41) is 3.37. The molecule has 8 aromatic carbocycles. The topological polar surface area (TPSA) is 56.5 Å². The van der Waals surface area contributed by atoms with Gasteiger partial charge < -0.3 is 4.57 Å². The highest BCUT2D eigenvalue weighted by atomic mass is 32.1. The lowest BCUT2D eigenvalue weighted by atomic mass is 9.99. The molecule has 0 bridgehead atoms. The molecule has 0 saturated carbocycles. The Kier molecular flexibility index (Phi) is 6.45. The predicted octanol–water partition coefficient (Wildman–Crippen LogP) is 14.2. The van der Waals surface area contributed by atoms with Gasteiger partial charge in [0, 0.05) is 59.2 Å². The van der Waals surface area contributed by atoms with Crippen LogP contribution in [0.4, 0.5) is 0 Å². The van der Waals surface area contributed by atoms with Gasteiger partial charge >= 0.3 is 0 Å². The summed E-state index contributed by atoms with van der Waals surface area (Å²) >= 11 is 1.76. The maximum atomic E-state index is 9.18. The molecule has 12 rings (SSSR count).